The standard InChI is InChI=1S/C32H52/c1-6-24-9-7-8-10-25(24)12-11-23(3)28-15-16-29-27-14-13-26-21-22(2)17-19-31(26,4)30(27)18-20-32(28,29)5/h11-13,22-25,27-30H,6-10,14-21H2,1-5H3/b12-11+/t22-,23+,24?,25?,27-,28+,29-,30-,31-,32+/m0/s1. The molecular formula is C32H52. The molecule has 10 atom stereocenters. The van der Waals surface area contributed by atoms with Crippen LogP contribution in [0.4, 0.5) is 0 Å². The zero-order chi connectivity index (χ0) is 22.5. The van der Waals surface area contributed by atoms with Crippen molar-refractivity contribution in [3.05, 3.63) is 23.8 Å². The van der Waals surface area contributed by atoms with Gasteiger partial charge in [0.2, 0.25) is 0 Å². The fourth-order valence-corrected chi connectivity index (χ4v) is 10.2. The highest BCUT2D eigenvalue weighted by molar-refractivity contribution is 5.25. The van der Waals surface area contributed by atoms with Crippen molar-refractivity contribution in [3.8, 4) is 0 Å². The molecule has 0 N–H and O–H groups in total. The van der Waals surface area contributed by atoms with Crippen LogP contribution in [0.1, 0.15) is 118 Å². The first-order valence-corrected chi connectivity index (χ1v) is 14.7. The van der Waals surface area contributed by atoms with Gasteiger partial charge >= 0.3 is 0 Å². The van der Waals surface area contributed by atoms with E-state index in [1.165, 1.54) is 83.5 Å². The SMILES string of the molecule is CCC1CCCCC1/C=C/[C@@H](C)[C@H]1CC[C@H]2[C@@H]3CC=C4C[C@@H](C)CC[C@]4(C)[C@H]3CC[C@]12C. The molecule has 0 radical (unpaired) electrons. The second kappa shape index (κ2) is 8.92. The molecule has 0 aliphatic heterocycles. The number of rotatable bonds is 4. The van der Waals surface area contributed by atoms with Crippen molar-refractivity contribution >= 4 is 0 Å². The van der Waals surface area contributed by atoms with Crippen LogP contribution in [-0.2, 0) is 0 Å². The van der Waals surface area contributed by atoms with Gasteiger partial charge in [0.1, 0.15) is 0 Å². The molecule has 0 nitrogen and oxygen atoms in total. The van der Waals surface area contributed by atoms with Gasteiger partial charge in [-0.05, 0) is 122 Å². The number of allylic oxidation sites excluding steroid dienone is 4. The Balaban J connectivity index is 1.31. The topological polar surface area (TPSA) is 0 Å². The molecule has 0 spiro atoms. The van der Waals surface area contributed by atoms with Gasteiger partial charge in [0.05, 0.1) is 0 Å². The van der Waals surface area contributed by atoms with E-state index in [-0.39, 0.29) is 0 Å². The van der Waals surface area contributed by atoms with Crippen LogP contribution in [0.5, 0.6) is 0 Å². The van der Waals surface area contributed by atoms with E-state index in [0.29, 0.717) is 10.8 Å². The highest BCUT2D eigenvalue weighted by Gasteiger charge is 2.58. The van der Waals surface area contributed by atoms with E-state index in [2.05, 4.69) is 52.8 Å². The number of fused-ring (bicyclic) bond motifs is 5. The average molecular weight is 437 g/mol. The van der Waals surface area contributed by atoms with Gasteiger partial charge in [0, 0.05) is 0 Å². The van der Waals surface area contributed by atoms with Gasteiger partial charge in [-0.25, -0.2) is 0 Å². The largest absolute Gasteiger partial charge is 0.0851 e. The molecule has 32 heavy (non-hydrogen) atoms. The summed E-state index contributed by atoms with van der Waals surface area (Å²) in [6.45, 7) is 12.9. The van der Waals surface area contributed by atoms with Crippen LogP contribution in [0, 0.1) is 58.2 Å². The van der Waals surface area contributed by atoms with E-state index in [4.69, 9.17) is 0 Å². The van der Waals surface area contributed by atoms with E-state index >= 15 is 0 Å². The van der Waals surface area contributed by atoms with Gasteiger partial charge in [-0.1, -0.05) is 77.7 Å². The molecule has 4 saturated carbocycles. The molecule has 5 rings (SSSR count). The summed E-state index contributed by atoms with van der Waals surface area (Å²) in [5, 5.41) is 0. The van der Waals surface area contributed by atoms with Crippen molar-refractivity contribution in [1.82, 2.24) is 0 Å². The lowest BCUT2D eigenvalue weighted by Crippen LogP contribution is -2.50. The molecule has 0 amide bonds. The van der Waals surface area contributed by atoms with Crippen molar-refractivity contribution in [2.45, 2.75) is 118 Å². The van der Waals surface area contributed by atoms with Crippen molar-refractivity contribution in [1.29, 1.82) is 0 Å². The predicted octanol–water partition coefficient (Wildman–Crippen LogP) is 9.61. The van der Waals surface area contributed by atoms with Crippen molar-refractivity contribution in [3.63, 3.8) is 0 Å². The predicted molar refractivity (Wildman–Crippen MR) is 138 cm³/mol. The van der Waals surface area contributed by atoms with Crippen LogP contribution >= 0.6 is 0 Å². The van der Waals surface area contributed by atoms with Crippen molar-refractivity contribution in [2.24, 2.45) is 58.2 Å². The van der Waals surface area contributed by atoms with E-state index < -0.39 is 0 Å². The van der Waals surface area contributed by atoms with Gasteiger partial charge < -0.3 is 0 Å². The minimum absolute atomic E-state index is 0.538. The summed E-state index contributed by atoms with van der Waals surface area (Å²) in [7, 11) is 0. The van der Waals surface area contributed by atoms with E-state index in [0.717, 1.165) is 47.3 Å². The summed E-state index contributed by atoms with van der Waals surface area (Å²) in [4.78, 5) is 0. The average Bonchev–Trinajstić information content (AvgIpc) is 3.15. The Morgan fingerprint density at radius 3 is 2.62 bits per heavy atom. The van der Waals surface area contributed by atoms with Crippen LogP contribution in [0.25, 0.3) is 0 Å². The third-order valence-electron chi connectivity index (χ3n) is 12.2. The smallest absolute Gasteiger partial charge is 0.00851 e. The summed E-state index contributed by atoms with van der Waals surface area (Å²) in [6, 6.07) is 0. The second-order valence-corrected chi connectivity index (χ2v) is 13.7. The molecule has 0 bridgehead atoms. The fraction of sp³-hybridized carbons (Fsp3) is 0.875. The Hall–Kier alpha value is -0.520. The molecular weight excluding hydrogens is 384 g/mol. The normalized spacial score (nSPS) is 49.8. The first-order chi connectivity index (χ1) is 15.4. The van der Waals surface area contributed by atoms with E-state index in [9.17, 15) is 0 Å². The van der Waals surface area contributed by atoms with Crippen LogP contribution < -0.4 is 0 Å². The molecule has 4 fully saturated rings. The quantitative estimate of drug-likeness (QED) is 0.385. The van der Waals surface area contributed by atoms with E-state index in [1.807, 2.05) is 5.57 Å². The summed E-state index contributed by atoms with van der Waals surface area (Å²) < 4.78 is 0. The molecule has 5 aliphatic carbocycles. The lowest BCUT2D eigenvalue weighted by molar-refractivity contribution is -0.0486. The summed E-state index contributed by atoms with van der Waals surface area (Å²) in [5.74, 6) is 7.35. The third-order valence-corrected chi connectivity index (χ3v) is 12.2. The molecule has 5 aliphatic rings. The summed E-state index contributed by atoms with van der Waals surface area (Å²) in [6.07, 6.45) is 27.1. The van der Waals surface area contributed by atoms with Crippen molar-refractivity contribution in [2.75, 3.05) is 0 Å². The molecule has 0 aromatic rings. The van der Waals surface area contributed by atoms with Gasteiger partial charge in [-0.15, -0.1) is 0 Å². The highest BCUT2D eigenvalue weighted by atomic mass is 14.6. The fourth-order valence-electron chi connectivity index (χ4n) is 10.2. The molecule has 0 aromatic heterocycles. The van der Waals surface area contributed by atoms with Crippen molar-refractivity contribution < 1.29 is 0 Å². The molecule has 0 saturated heterocycles. The molecule has 0 aromatic carbocycles. The maximum Gasteiger partial charge on any atom is -0.00851 e. The highest BCUT2D eigenvalue weighted by Crippen LogP contribution is 2.67. The Labute approximate surface area is 200 Å². The summed E-state index contributed by atoms with van der Waals surface area (Å²) in [5.41, 5.74) is 2.99. The summed E-state index contributed by atoms with van der Waals surface area (Å²) >= 11 is 0. The molecule has 180 valence electrons. The minimum atomic E-state index is 0.538. The number of hydrogen-bond donors (Lipinski definition) is 0. The third kappa shape index (κ3) is 3.79. The zero-order valence-electron chi connectivity index (χ0n) is 22.0. The molecule has 2 unspecified atom stereocenters. The van der Waals surface area contributed by atoms with Gasteiger partial charge in [0.15, 0.2) is 0 Å². The second-order valence-electron chi connectivity index (χ2n) is 13.7. The lowest BCUT2D eigenvalue weighted by Gasteiger charge is -2.58. The monoisotopic (exact) mass is 436 g/mol. The first-order valence-electron chi connectivity index (χ1n) is 14.7. The lowest BCUT2D eigenvalue weighted by atomic mass is 9.46. The first kappa shape index (κ1) is 23.2. The van der Waals surface area contributed by atoms with Gasteiger partial charge in [-0.3, -0.25) is 0 Å². The maximum atomic E-state index is 2.76. The minimum Gasteiger partial charge on any atom is -0.0851 e. The van der Waals surface area contributed by atoms with Crippen LogP contribution in [0.2, 0.25) is 0 Å². The van der Waals surface area contributed by atoms with Crippen LogP contribution in [0.15, 0.2) is 23.8 Å². The number of hydrogen-bond acceptors (Lipinski definition) is 0. The Bertz CT molecular complexity index is 728. The molecule has 0 heteroatoms. The Morgan fingerprint density at radius 1 is 1.00 bits per heavy atom. The Morgan fingerprint density at radius 2 is 1.81 bits per heavy atom. The Kier molecular flexibility index (Phi) is 6.48. The maximum absolute atomic E-state index is 2.76. The van der Waals surface area contributed by atoms with Crippen LogP contribution in [0.3, 0.4) is 0 Å². The zero-order valence-corrected chi connectivity index (χ0v) is 22.0. The molecule has 0 heterocycles. The van der Waals surface area contributed by atoms with E-state index in [1.54, 1.807) is 0 Å². The van der Waals surface area contributed by atoms with Crippen LogP contribution in [-0.4, -0.2) is 0 Å². The van der Waals surface area contributed by atoms with Gasteiger partial charge in [-0.2, -0.15) is 0 Å². The van der Waals surface area contributed by atoms with Gasteiger partial charge in [0.25, 0.3) is 0 Å².